The molecular formula is C13H14F4O2. The maximum Gasteiger partial charge on any atom is 0.203 e. The molecule has 0 saturated heterocycles. The summed E-state index contributed by atoms with van der Waals surface area (Å²) in [5, 5.41) is 9.77. The number of hydrogen-bond donors (Lipinski definition) is 1. The van der Waals surface area contributed by atoms with Gasteiger partial charge >= 0.3 is 0 Å². The molecule has 1 unspecified atom stereocenters. The summed E-state index contributed by atoms with van der Waals surface area (Å²) >= 11 is 0. The Hall–Kier alpha value is -1.30. The zero-order valence-corrected chi connectivity index (χ0v) is 10.1. The summed E-state index contributed by atoms with van der Waals surface area (Å²) in [5.74, 6) is -7.33. The largest absolute Gasteiger partial charge is 0.485 e. The van der Waals surface area contributed by atoms with Gasteiger partial charge in [-0.25, -0.2) is 8.78 Å². The zero-order chi connectivity index (χ0) is 14.0. The van der Waals surface area contributed by atoms with Gasteiger partial charge in [0.05, 0.1) is 6.10 Å². The topological polar surface area (TPSA) is 29.5 Å². The second kappa shape index (κ2) is 5.77. The minimum absolute atomic E-state index is 0.00419. The van der Waals surface area contributed by atoms with Gasteiger partial charge in [-0.15, -0.1) is 0 Å². The van der Waals surface area contributed by atoms with Gasteiger partial charge in [0, 0.05) is 6.07 Å². The zero-order valence-electron chi connectivity index (χ0n) is 10.1. The van der Waals surface area contributed by atoms with Crippen LogP contribution >= 0.6 is 0 Å². The van der Waals surface area contributed by atoms with Crippen LogP contribution in [0.4, 0.5) is 17.6 Å². The molecule has 0 aliphatic heterocycles. The average Bonchev–Trinajstić information content (AvgIpc) is 2.90. The highest BCUT2D eigenvalue weighted by atomic mass is 19.2. The third kappa shape index (κ3) is 3.00. The summed E-state index contributed by atoms with van der Waals surface area (Å²) < 4.78 is 57.1. The summed E-state index contributed by atoms with van der Waals surface area (Å²) in [6.07, 6.45) is 2.70. The van der Waals surface area contributed by atoms with Crippen LogP contribution in [0.25, 0.3) is 0 Å². The molecule has 1 aromatic carbocycles. The van der Waals surface area contributed by atoms with Crippen molar-refractivity contribution in [3.63, 3.8) is 0 Å². The van der Waals surface area contributed by atoms with E-state index in [9.17, 15) is 22.7 Å². The fraction of sp³-hybridized carbons (Fsp3) is 0.538. The number of aliphatic hydroxyl groups excluding tert-OH is 1. The summed E-state index contributed by atoms with van der Waals surface area (Å²) in [7, 11) is 0. The van der Waals surface area contributed by atoms with Gasteiger partial charge in [-0.2, -0.15) is 8.78 Å². The maximum atomic E-state index is 13.3. The summed E-state index contributed by atoms with van der Waals surface area (Å²) in [6, 6.07) is 0.116. The van der Waals surface area contributed by atoms with Crippen LogP contribution in [0.3, 0.4) is 0 Å². The summed E-state index contributed by atoms with van der Waals surface area (Å²) in [6.45, 7) is -0.387. The van der Waals surface area contributed by atoms with E-state index in [-0.39, 0.29) is 18.6 Å². The molecular weight excluding hydrogens is 264 g/mol. The molecule has 1 N–H and O–H groups in total. The van der Waals surface area contributed by atoms with E-state index in [4.69, 9.17) is 4.74 Å². The lowest BCUT2D eigenvalue weighted by atomic mass is 10.0. The van der Waals surface area contributed by atoms with Gasteiger partial charge in [0.25, 0.3) is 0 Å². The lowest BCUT2D eigenvalue weighted by Crippen LogP contribution is -2.26. The lowest BCUT2D eigenvalue weighted by molar-refractivity contribution is 0.0555. The van der Waals surface area contributed by atoms with E-state index in [0.29, 0.717) is 0 Å². The van der Waals surface area contributed by atoms with Crippen molar-refractivity contribution in [2.45, 2.75) is 31.8 Å². The fourth-order valence-electron chi connectivity index (χ4n) is 2.32. The van der Waals surface area contributed by atoms with Gasteiger partial charge in [-0.05, 0) is 18.8 Å². The molecule has 2 rings (SSSR count). The molecule has 19 heavy (non-hydrogen) atoms. The number of ether oxygens (including phenoxy) is 1. The van der Waals surface area contributed by atoms with Crippen LogP contribution in [0.15, 0.2) is 6.07 Å². The van der Waals surface area contributed by atoms with Crippen molar-refractivity contribution in [3.8, 4) is 5.75 Å². The van der Waals surface area contributed by atoms with Crippen molar-refractivity contribution < 1.29 is 27.4 Å². The normalized spacial score (nSPS) is 17.7. The smallest absolute Gasteiger partial charge is 0.203 e. The van der Waals surface area contributed by atoms with Gasteiger partial charge in [-0.3, -0.25) is 0 Å². The fourth-order valence-corrected chi connectivity index (χ4v) is 2.32. The molecule has 106 valence electrons. The molecule has 6 heteroatoms. The SMILES string of the molecule is OC(COc1c(F)c(F)cc(F)c1F)C1CCCC1. The van der Waals surface area contributed by atoms with Crippen molar-refractivity contribution in [3.05, 3.63) is 29.3 Å². The predicted octanol–water partition coefficient (Wildman–Crippen LogP) is 3.17. The van der Waals surface area contributed by atoms with E-state index in [1.807, 2.05) is 0 Å². The van der Waals surface area contributed by atoms with Crippen LogP contribution < -0.4 is 4.74 Å². The minimum Gasteiger partial charge on any atom is -0.485 e. The highest BCUT2D eigenvalue weighted by Gasteiger charge is 2.26. The van der Waals surface area contributed by atoms with Gasteiger partial charge in [0.1, 0.15) is 6.61 Å². The van der Waals surface area contributed by atoms with Crippen molar-refractivity contribution >= 4 is 0 Å². The number of aliphatic hydroxyl groups is 1. The van der Waals surface area contributed by atoms with Crippen LogP contribution in [-0.4, -0.2) is 17.8 Å². The molecule has 1 aromatic rings. The molecule has 0 amide bonds. The molecule has 0 radical (unpaired) electrons. The summed E-state index contributed by atoms with van der Waals surface area (Å²) in [5.41, 5.74) is 0. The number of hydrogen-bond acceptors (Lipinski definition) is 2. The maximum absolute atomic E-state index is 13.3. The minimum atomic E-state index is -1.59. The third-order valence-electron chi connectivity index (χ3n) is 3.41. The van der Waals surface area contributed by atoms with E-state index in [1.54, 1.807) is 0 Å². The molecule has 1 aliphatic rings. The average molecular weight is 278 g/mol. The Kier molecular flexibility index (Phi) is 4.29. The van der Waals surface area contributed by atoms with Gasteiger partial charge in [0.15, 0.2) is 17.4 Å². The number of halogens is 4. The van der Waals surface area contributed by atoms with Crippen LogP contribution in [0.5, 0.6) is 5.75 Å². The van der Waals surface area contributed by atoms with Crippen molar-refractivity contribution in [1.82, 2.24) is 0 Å². The quantitative estimate of drug-likeness (QED) is 0.677. The molecule has 1 aliphatic carbocycles. The third-order valence-corrected chi connectivity index (χ3v) is 3.41. The van der Waals surface area contributed by atoms with Crippen LogP contribution in [-0.2, 0) is 0 Å². The Bertz CT molecular complexity index is 432. The lowest BCUT2D eigenvalue weighted by Gasteiger charge is -2.18. The highest BCUT2D eigenvalue weighted by Crippen LogP contribution is 2.30. The first-order chi connectivity index (χ1) is 9.00. The highest BCUT2D eigenvalue weighted by molar-refractivity contribution is 5.28. The Morgan fingerprint density at radius 1 is 1.11 bits per heavy atom. The van der Waals surface area contributed by atoms with E-state index in [1.165, 1.54) is 0 Å². The van der Waals surface area contributed by atoms with Crippen LogP contribution in [0.1, 0.15) is 25.7 Å². The van der Waals surface area contributed by atoms with E-state index >= 15 is 0 Å². The van der Waals surface area contributed by atoms with Gasteiger partial charge < -0.3 is 9.84 Å². The molecule has 0 spiro atoms. The first-order valence-corrected chi connectivity index (χ1v) is 6.14. The first-order valence-electron chi connectivity index (χ1n) is 6.14. The first kappa shape index (κ1) is 14.1. The molecule has 0 heterocycles. The summed E-state index contributed by atoms with van der Waals surface area (Å²) in [4.78, 5) is 0. The van der Waals surface area contributed by atoms with E-state index in [0.717, 1.165) is 25.7 Å². The van der Waals surface area contributed by atoms with Gasteiger partial charge in [-0.1, -0.05) is 12.8 Å². The molecule has 1 fully saturated rings. The van der Waals surface area contributed by atoms with Crippen molar-refractivity contribution in [2.24, 2.45) is 5.92 Å². The number of rotatable bonds is 4. The molecule has 1 saturated carbocycles. The molecule has 2 nitrogen and oxygen atoms in total. The molecule has 0 bridgehead atoms. The Balaban J connectivity index is 2.06. The second-order valence-electron chi connectivity index (χ2n) is 4.72. The van der Waals surface area contributed by atoms with Crippen molar-refractivity contribution in [1.29, 1.82) is 0 Å². The molecule has 0 aromatic heterocycles. The Labute approximate surface area is 108 Å². The van der Waals surface area contributed by atoms with Gasteiger partial charge in [0.2, 0.25) is 11.6 Å². The van der Waals surface area contributed by atoms with Crippen molar-refractivity contribution in [2.75, 3.05) is 6.61 Å². The predicted molar refractivity (Wildman–Crippen MR) is 59.7 cm³/mol. The second-order valence-corrected chi connectivity index (χ2v) is 4.72. The van der Waals surface area contributed by atoms with Crippen LogP contribution in [0, 0.1) is 29.2 Å². The Morgan fingerprint density at radius 2 is 1.63 bits per heavy atom. The van der Waals surface area contributed by atoms with E-state index < -0.39 is 35.1 Å². The monoisotopic (exact) mass is 278 g/mol. The number of benzene rings is 1. The van der Waals surface area contributed by atoms with E-state index in [2.05, 4.69) is 0 Å². The standard InChI is InChI=1S/C13H14F4O2/c14-8-5-9(15)12(17)13(11(8)16)19-6-10(18)7-3-1-2-4-7/h5,7,10,18H,1-4,6H2. The van der Waals surface area contributed by atoms with Crippen LogP contribution in [0.2, 0.25) is 0 Å². The Morgan fingerprint density at radius 3 is 2.16 bits per heavy atom. The molecule has 1 atom stereocenters.